The Balaban J connectivity index is 0.00000121. The van der Waals surface area contributed by atoms with Crippen LogP contribution in [0.15, 0.2) is 6.58 Å². The Morgan fingerprint density at radius 3 is 3.00 bits per heavy atom. The van der Waals surface area contributed by atoms with Gasteiger partial charge in [0, 0.05) is 13.2 Å². The Labute approximate surface area is 87.1 Å². The molecule has 12 heavy (non-hydrogen) atoms. The minimum Gasteiger partial charge on any atom is -0.489 e. The molecule has 0 aromatic carbocycles. The monoisotopic (exact) mass is 161 g/mol. The SMILES string of the molecule is C=[C-]CN1CCC[C@H]1COC.[Li+]. The second kappa shape index (κ2) is 6.74. The molecule has 0 spiro atoms. The van der Waals surface area contributed by atoms with Crippen LogP contribution in [-0.2, 0) is 4.74 Å². The van der Waals surface area contributed by atoms with E-state index in [1.165, 1.54) is 19.4 Å². The van der Waals surface area contributed by atoms with Gasteiger partial charge >= 0.3 is 18.9 Å². The van der Waals surface area contributed by atoms with Crippen LogP contribution >= 0.6 is 0 Å². The zero-order valence-corrected chi connectivity index (χ0v) is 8.18. The number of likely N-dealkylation sites (tertiary alicyclic amines) is 1. The van der Waals surface area contributed by atoms with Gasteiger partial charge in [-0.1, -0.05) is 0 Å². The molecule has 0 saturated carbocycles. The summed E-state index contributed by atoms with van der Waals surface area (Å²) in [5, 5.41) is 0. The molecule has 0 amide bonds. The molecule has 1 heterocycles. The summed E-state index contributed by atoms with van der Waals surface area (Å²) in [6.07, 6.45) is 5.47. The van der Waals surface area contributed by atoms with E-state index in [2.05, 4.69) is 17.6 Å². The maximum Gasteiger partial charge on any atom is 1.00 e. The van der Waals surface area contributed by atoms with Gasteiger partial charge in [-0.3, -0.25) is 6.58 Å². The van der Waals surface area contributed by atoms with Gasteiger partial charge in [0.25, 0.3) is 0 Å². The summed E-state index contributed by atoms with van der Waals surface area (Å²) >= 11 is 0. The minimum atomic E-state index is 0. The van der Waals surface area contributed by atoms with Gasteiger partial charge in [0.2, 0.25) is 0 Å². The van der Waals surface area contributed by atoms with Gasteiger partial charge in [-0.2, -0.15) is 0 Å². The maximum absolute atomic E-state index is 5.11. The molecule has 1 rings (SSSR count). The zero-order chi connectivity index (χ0) is 8.10. The normalized spacial score (nSPS) is 23.6. The van der Waals surface area contributed by atoms with E-state index in [9.17, 15) is 0 Å². The van der Waals surface area contributed by atoms with Gasteiger partial charge in [-0.25, -0.2) is 0 Å². The first-order chi connectivity index (χ1) is 5.38. The van der Waals surface area contributed by atoms with Crippen LogP contribution in [0.2, 0.25) is 0 Å². The van der Waals surface area contributed by atoms with Crippen molar-refractivity contribution in [1.29, 1.82) is 0 Å². The average molecular weight is 161 g/mol. The molecule has 0 radical (unpaired) electrons. The Kier molecular flexibility index (Phi) is 6.88. The number of methoxy groups -OCH3 is 1. The van der Waals surface area contributed by atoms with Crippen LogP contribution in [0.25, 0.3) is 0 Å². The first-order valence-electron chi connectivity index (χ1n) is 4.11. The molecule has 3 heteroatoms. The van der Waals surface area contributed by atoms with Gasteiger partial charge in [0.05, 0.1) is 6.61 Å². The Bertz CT molecular complexity index is 130. The van der Waals surface area contributed by atoms with Crippen molar-refractivity contribution in [3.8, 4) is 0 Å². The van der Waals surface area contributed by atoms with Crippen molar-refractivity contribution < 1.29 is 23.6 Å². The van der Waals surface area contributed by atoms with E-state index >= 15 is 0 Å². The van der Waals surface area contributed by atoms with E-state index in [0.717, 1.165) is 13.2 Å². The molecule has 0 N–H and O–H groups in total. The molecular weight excluding hydrogens is 145 g/mol. The molecule has 1 saturated heterocycles. The molecule has 0 unspecified atom stereocenters. The van der Waals surface area contributed by atoms with Gasteiger partial charge in [-0.15, -0.1) is 6.54 Å². The number of rotatable bonds is 4. The van der Waals surface area contributed by atoms with Crippen LogP contribution in [0.5, 0.6) is 0 Å². The van der Waals surface area contributed by atoms with Crippen molar-refractivity contribution in [2.45, 2.75) is 18.9 Å². The fourth-order valence-corrected chi connectivity index (χ4v) is 1.63. The van der Waals surface area contributed by atoms with Crippen LogP contribution in [0.1, 0.15) is 12.8 Å². The molecular formula is C9H16LiNO. The molecule has 0 aliphatic carbocycles. The van der Waals surface area contributed by atoms with Crippen molar-refractivity contribution in [2.24, 2.45) is 0 Å². The number of nitrogens with zero attached hydrogens (tertiary/aromatic N) is 1. The van der Waals surface area contributed by atoms with E-state index in [1.807, 2.05) is 0 Å². The van der Waals surface area contributed by atoms with E-state index in [0.29, 0.717) is 6.04 Å². The first kappa shape index (κ1) is 12.3. The molecule has 64 valence electrons. The molecule has 1 aliphatic heterocycles. The minimum absolute atomic E-state index is 0. The van der Waals surface area contributed by atoms with Crippen LogP contribution in [-0.4, -0.2) is 37.7 Å². The zero-order valence-electron chi connectivity index (χ0n) is 8.18. The van der Waals surface area contributed by atoms with Gasteiger partial charge < -0.3 is 15.7 Å². The van der Waals surface area contributed by atoms with Crippen LogP contribution in [0.4, 0.5) is 0 Å². The Hall–Kier alpha value is 0.257. The third-order valence-corrected chi connectivity index (χ3v) is 2.17. The number of ether oxygens (including phenoxy) is 1. The summed E-state index contributed by atoms with van der Waals surface area (Å²) in [6, 6.07) is 0.606. The predicted molar refractivity (Wildman–Crippen MR) is 45.3 cm³/mol. The molecule has 0 aromatic heterocycles. The molecule has 1 atom stereocenters. The molecule has 2 nitrogen and oxygen atoms in total. The molecule has 0 aromatic rings. The van der Waals surface area contributed by atoms with Crippen molar-refractivity contribution in [2.75, 3.05) is 26.8 Å². The van der Waals surface area contributed by atoms with Crippen molar-refractivity contribution >= 4 is 0 Å². The van der Waals surface area contributed by atoms with E-state index in [4.69, 9.17) is 4.74 Å². The average Bonchev–Trinajstić information content (AvgIpc) is 2.39. The standard InChI is InChI=1S/C9H16NO.Li/c1-3-6-10-7-4-5-9(10)8-11-2;/h9H,1,4-8H2,2H3;/q-1;+1/t9-;/m0./s1. The van der Waals surface area contributed by atoms with Crippen LogP contribution in [0, 0.1) is 6.08 Å². The smallest absolute Gasteiger partial charge is 0.489 e. The summed E-state index contributed by atoms with van der Waals surface area (Å²) in [7, 11) is 1.76. The first-order valence-corrected chi connectivity index (χ1v) is 4.11. The summed E-state index contributed by atoms with van der Waals surface area (Å²) < 4.78 is 5.11. The van der Waals surface area contributed by atoms with Crippen LogP contribution < -0.4 is 18.9 Å². The molecule has 0 bridgehead atoms. The largest absolute Gasteiger partial charge is 1.00 e. The summed E-state index contributed by atoms with van der Waals surface area (Å²) in [4.78, 5) is 2.37. The number of hydrogen-bond donors (Lipinski definition) is 0. The topological polar surface area (TPSA) is 12.5 Å². The molecule has 1 fully saturated rings. The third-order valence-electron chi connectivity index (χ3n) is 2.17. The van der Waals surface area contributed by atoms with Gasteiger partial charge in [-0.05, 0) is 19.4 Å². The predicted octanol–water partition coefficient (Wildman–Crippen LogP) is -1.91. The van der Waals surface area contributed by atoms with E-state index in [-0.39, 0.29) is 18.9 Å². The quantitative estimate of drug-likeness (QED) is 0.352. The van der Waals surface area contributed by atoms with Gasteiger partial charge in [0.1, 0.15) is 0 Å². The van der Waals surface area contributed by atoms with Gasteiger partial charge in [0.15, 0.2) is 0 Å². The van der Waals surface area contributed by atoms with Crippen LogP contribution in [0.3, 0.4) is 0 Å². The fourth-order valence-electron chi connectivity index (χ4n) is 1.63. The summed E-state index contributed by atoms with van der Waals surface area (Å²) in [5.41, 5.74) is 0. The Morgan fingerprint density at radius 2 is 2.42 bits per heavy atom. The maximum atomic E-state index is 5.11. The number of hydrogen-bond acceptors (Lipinski definition) is 2. The summed E-state index contributed by atoms with van der Waals surface area (Å²) in [5.74, 6) is 0. The van der Waals surface area contributed by atoms with Crippen molar-refractivity contribution in [3.63, 3.8) is 0 Å². The fraction of sp³-hybridized carbons (Fsp3) is 0.778. The van der Waals surface area contributed by atoms with E-state index < -0.39 is 0 Å². The van der Waals surface area contributed by atoms with Crippen molar-refractivity contribution in [1.82, 2.24) is 4.90 Å². The Morgan fingerprint density at radius 1 is 1.67 bits per heavy atom. The van der Waals surface area contributed by atoms with Crippen molar-refractivity contribution in [3.05, 3.63) is 12.7 Å². The molecule has 1 aliphatic rings. The second-order valence-electron chi connectivity index (χ2n) is 2.97. The summed E-state index contributed by atoms with van der Waals surface area (Å²) in [6.45, 7) is 6.52. The second-order valence-corrected chi connectivity index (χ2v) is 2.97. The third kappa shape index (κ3) is 3.33. The van der Waals surface area contributed by atoms with E-state index in [1.54, 1.807) is 7.11 Å².